The first kappa shape index (κ1) is 28.6. The molecule has 1 aromatic rings. The van der Waals surface area contributed by atoms with Crippen molar-refractivity contribution in [3.8, 4) is 0 Å². The molecule has 1 fully saturated rings. The number of sulfonamides is 1. The number of amides is 3. The number of nitrogens with zero attached hydrogens (tertiary/aromatic N) is 1. The molecule has 0 bridgehead atoms. The van der Waals surface area contributed by atoms with E-state index in [0.29, 0.717) is 12.2 Å². The van der Waals surface area contributed by atoms with Crippen LogP contribution in [0.3, 0.4) is 0 Å². The normalized spacial score (nSPS) is 16.3. The van der Waals surface area contributed by atoms with Crippen LogP contribution in [0.25, 0.3) is 0 Å². The second-order valence-corrected chi connectivity index (χ2v) is 11.1. The van der Waals surface area contributed by atoms with Gasteiger partial charge in [0.05, 0.1) is 11.3 Å². The van der Waals surface area contributed by atoms with Gasteiger partial charge in [0.15, 0.2) is 0 Å². The van der Waals surface area contributed by atoms with Crippen LogP contribution in [0.15, 0.2) is 29.2 Å². The van der Waals surface area contributed by atoms with Gasteiger partial charge in [-0.05, 0) is 50.3 Å². The molecule has 0 aliphatic carbocycles. The van der Waals surface area contributed by atoms with Gasteiger partial charge >= 0.3 is 5.97 Å². The quantitative estimate of drug-likeness (QED) is 0.295. The Bertz CT molecular complexity index is 1020. The summed E-state index contributed by atoms with van der Waals surface area (Å²) in [6, 6.07) is 3.97. The maximum atomic E-state index is 13.2. The monoisotopic (exact) mass is 528 g/mol. The molecule has 3 amide bonds. The third kappa shape index (κ3) is 8.51. The van der Waals surface area contributed by atoms with Gasteiger partial charge in [0.2, 0.25) is 27.7 Å². The number of nitrogens with one attached hydrogen (secondary N) is 2. The van der Waals surface area contributed by atoms with Crippen LogP contribution in [0.5, 0.6) is 0 Å². The Morgan fingerprint density at radius 2 is 1.74 bits per heavy atom. The van der Waals surface area contributed by atoms with Gasteiger partial charge in [-0.2, -0.15) is 16.5 Å². The lowest BCUT2D eigenvalue weighted by Gasteiger charge is -2.34. The van der Waals surface area contributed by atoms with Gasteiger partial charge in [0, 0.05) is 19.0 Å². The minimum atomic E-state index is -3.91. The van der Waals surface area contributed by atoms with Crippen molar-refractivity contribution in [2.24, 2.45) is 11.7 Å². The van der Waals surface area contributed by atoms with E-state index < -0.39 is 52.2 Å². The largest absolute Gasteiger partial charge is 0.480 e. The minimum absolute atomic E-state index is 0.0735. The Balaban J connectivity index is 2.02. The number of carboxylic acids is 1. The molecule has 1 aliphatic heterocycles. The van der Waals surface area contributed by atoms with Gasteiger partial charge in [0.1, 0.15) is 12.1 Å². The summed E-state index contributed by atoms with van der Waals surface area (Å²) in [6.07, 6.45) is 2.21. The molecule has 0 aromatic heterocycles. The number of aryl methyl sites for hydroxylation is 1. The smallest absolute Gasteiger partial charge is 0.326 e. The SMILES string of the molecule is CSCC[C@H](NS(=O)(=O)c1ccc(C)cc1)C(=O)N1CCC(C(=O)N[C@@H](CC(N)=O)C(=O)O)CC1. The van der Waals surface area contributed by atoms with E-state index in [2.05, 4.69) is 10.0 Å². The van der Waals surface area contributed by atoms with Crippen LogP contribution >= 0.6 is 11.8 Å². The van der Waals surface area contributed by atoms with Gasteiger partial charge in [-0.25, -0.2) is 13.2 Å². The molecule has 0 radical (unpaired) electrons. The molecule has 0 unspecified atom stereocenters. The zero-order valence-corrected chi connectivity index (χ0v) is 21.4. The van der Waals surface area contributed by atoms with Crippen LogP contribution in [0, 0.1) is 12.8 Å². The number of primary amides is 1. The first-order chi connectivity index (χ1) is 16.4. The highest BCUT2D eigenvalue weighted by molar-refractivity contribution is 7.98. The van der Waals surface area contributed by atoms with E-state index in [0.717, 1.165) is 5.56 Å². The zero-order chi connectivity index (χ0) is 26.2. The summed E-state index contributed by atoms with van der Waals surface area (Å²) in [5.41, 5.74) is 5.95. The fourth-order valence-electron chi connectivity index (χ4n) is 3.71. The Morgan fingerprint density at radius 3 is 2.26 bits per heavy atom. The molecular formula is C22H32N4O7S2. The van der Waals surface area contributed by atoms with Crippen molar-refractivity contribution >= 4 is 45.5 Å². The summed E-state index contributed by atoms with van der Waals surface area (Å²) in [7, 11) is -3.91. The summed E-state index contributed by atoms with van der Waals surface area (Å²) < 4.78 is 28.2. The molecule has 1 saturated heterocycles. The molecule has 194 valence electrons. The van der Waals surface area contributed by atoms with Crippen LogP contribution in [-0.4, -0.2) is 79.3 Å². The Hall–Kier alpha value is -2.64. The van der Waals surface area contributed by atoms with Crippen molar-refractivity contribution in [1.82, 2.24) is 14.9 Å². The molecule has 1 aromatic carbocycles. The first-order valence-corrected chi connectivity index (χ1v) is 14.0. The zero-order valence-electron chi connectivity index (χ0n) is 19.7. The minimum Gasteiger partial charge on any atom is -0.480 e. The van der Waals surface area contributed by atoms with Crippen LogP contribution in [0.2, 0.25) is 0 Å². The standard InChI is InChI=1S/C22H32N4O7S2/c1-14-3-5-16(6-4-14)35(32,33)25-17(9-12-34-2)21(29)26-10-7-15(8-11-26)20(28)24-18(22(30)31)13-19(23)27/h3-6,15,17-18,25H,7-13H2,1-2H3,(H2,23,27)(H,24,28)(H,30,31)/t17-,18-/m0/s1. The number of rotatable bonds is 12. The van der Waals surface area contributed by atoms with Crippen molar-refractivity contribution in [3.63, 3.8) is 0 Å². The molecule has 13 heteroatoms. The highest BCUT2D eigenvalue weighted by atomic mass is 32.2. The van der Waals surface area contributed by atoms with E-state index in [-0.39, 0.29) is 36.7 Å². The number of benzene rings is 1. The average molecular weight is 529 g/mol. The van der Waals surface area contributed by atoms with Gasteiger partial charge in [-0.15, -0.1) is 0 Å². The van der Waals surface area contributed by atoms with Gasteiger partial charge in [-0.1, -0.05) is 17.7 Å². The Morgan fingerprint density at radius 1 is 1.14 bits per heavy atom. The number of nitrogens with two attached hydrogens (primary N) is 1. The summed E-state index contributed by atoms with van der Waals surface area (Å²) in [5, 5.41) is 11.5. The molecule has 2 atom stereocenters. The summed E-state index contributed by atoms with van der Waals surface area (Å²) >= 11 is 1.49. The maximum Gasteiger partial charge on any atom is 0.326 e. The highest BCUT2D eigenvalue weighted by Crippen LogP contribution is 2.20. The molecule has 2 rings (SSSR count). The van der Waals surface area contributed by atoms with Gasteiger partial charge in [-0.3, -0.25) is 14.4 Å². The molecule has 1 heterocycles. The second-order valence-electron chi connectivity index (χ2n) is 8.44. The fourth-order valence-corrected chi connectivity index (χ4v) is 5.41. The topological polar surface area (TPSA) is 176 Å². The number of carbonyl (C=O) groups is 4. The molecule has 1 aliphatic rings. The number of piperidine rings is 1. The molecule has 35 heavy (non-hydrogen) atoms. The lowest BCUT2D eigenvalue weighted by Crippen LogP contribution is -2.52. The number of carboxylic acid groups (broad SMARTS) is 1. The fraction of sp³-hybridized carbons (Fsp3) is 0.545. The van der Waals surface area contributed by atoms with Gasteiger partial charge < -0.3 is 21.1 Å². The Labute approximate surface area is 209 Å². The van der Waals surface area contributed by atoms with Crippen molar-refractivity contribution in [2.45, 2.75) is 49.6 Å². The molecule has 11 nitrogen and oxygen atoms in total. The van der Waals surface area contributed by atoms with E-state index >= 15 is 0 Å². The van der Waals surface area contributed by atoms with Crippen molar-refractivity contribution in [1.29, 1.82) is 0 Å². The third-order valence-corrected chi connectivity index (χ3v) is 7.87. The number of hydrogen-bond acceptors (Lipinski definition) is 7. The highest BCUT2D eigenvalue weighted by Gasteiger charge is 2.34. The molecule has 0 spiro atoms. The van der Waals surface area contributed by atoms with Crippen molar-refractivity contribution in [3.05, 3.63) is 29.8 Å². The summed E-state index contributed by atoms with van der Waals surface area (Å²) in [6.45, 7) is 2.27. The first-order valence-electron chi connectivity index (χ1n) is 11.1. The predicted octanol–water partition coefficient (Wildman–Crippen LogP) is 0.0784. The van der Waals surface area contributed by atoms with E-state index in [1.54, 1.807) is 12.1 Å². The van der Waals surface area contributed by atoms with E-state index in [1.165, 1.54) is 28.8 Å². The number of aliphatic carboxylic acids is 1. The molecule has 5 N–H and O–H groups in total. The third-order valence-electron chi connectivity index (χ3n) is 5.73. The maximum absolute atomic E-state index is 13.2. The average Bonchev–Trinajstić information content (AvgIpc) is 2.80. The molecular weight excluding hydrogens is 496 g/mol. The summed E-state index contributed by atoms with van der Waals surface area (Å²) in [5.74, 6) is -3.06. The van der Waals surface area contributed by atoms with Gasteiger partial charge in [0.25, 0.3) is 0 Å². The van der Waals surface area contributed by atoms with Crippen LogP contribution in [0.4, 0.5) is 0 Å². The van der Waals surface area contributed by atoms with E-state index in [4.69, 9.17) is 5.73 Å². The number of hydrogen-bond donors (Lipinski definition) is 4. The number of thioether (sulfide) groups is 1. The van der Waals surface area contributed by atoms with Crippen LogP contribution in [0.1, 0.15) is 31.2 Å². The number of likely N-dealkylation sites (tertiary alicyclic amines) is 1. The number of carbonyl (C=O) groups excluding carboxylic acids is 3. The lowest BCUT2D eigenvalue weighted by molar-refractivity contribution is -0.144. The van der Waals surface area contributed by atoms with E-state index in [9.17, 15) is 32.7 Å². The summed E-state index contributed by atoms with van der Waals surface area (Å²) in [4.78, 5) is 49.6. The predicted molar refractivity (Wildman–Crippen MR) is 131 cm³/mol. The van der Waals surface area contributed by atoms with Crippen molar-refractivity contribution in [2.75, 3.05) is 25.1 Å². The van der Waals surface area contributed by atoms with Crippen LogP contribution in [-0.2, 0) is 29.2 Å². The second kappa shape index (κ2) is 12.9. The van der Waals surface area contributed by atoms with E-state index in [1.807, 2.05) is 13.2 Å². The van der Waals surface area contributed by atoms with Crippen LogP contribution < -0.4 is 15.8 Å². The van der Waals surface area contributed by atoms with Crippen molar-refractivity contribution < 1.29 is 32.7 Å². The lowest BCUT2D eigenvalue weighted by atomic mass is 9.94. The Kier molecular flexibility index (Phi) is 10.5. The molecule has 0 saturated carbocycles.